The maximum Gasteiger partial charge on any atom is 0.161 e. The number of fused-ring (bicyclic) bond motifs is 3. The molecule has 0 saturated carbocycles. The van der Waals surface area contributed by atoms with Crippen molar-refractivity contribution in [2.24, 2.45) is 0 Å². The first kappa shape index (κ1) is 30.5. The summed E-state index contributed by atoms with van der Waals surface area (Å²) in [6.45, 7) is 4.00. The highest BCUT2D eigenvalue weighted by Gasteiger charge is 2.48. The van der Waals surface area contributed by atoms with Gasteiger partial charge in [-0.2, -0.15) is 0 Å². The SMILES string of the molecule is C1=CCC=CC(c2cc(-c3ccccc3)nc(-c3cccc4c3-c3ccccc3C4(C3=CCCCCC3)c3ccncc3)n2)=C1.CC. The number of hydrogen-bond donors (Lipinski definition) is 0. The Labute approximate surface area is 279 Å². The van der Waals surface area contributed by atoms with Crippen molar-refractivity contribution in [1.82, 2.24) is 15.0 Å². The van der Waals surface area contributed by atoms with Crippen molar-refractivity contribution in [1.29, 1.82) is 0 Å². The summed E-state index contributed by atoms with van der Waals surface area (Å²) in [4.78, 5) is 15.0. The summed E-state index contributed by atoms with van der Waals surface area (Å²) >= 11 is 0. The Kier molecular flexibility index (Phi) is 8.88. The van der Waals surface area contributed by atoms with Crippen LogP contribution < -0.4 is 0 Å². The Morgan fingerprint density at radius 2 is 1.45 bits per heavy atom. The van der Waals surface area contributed by atoms with Crippen LogP contribution in [0.3, 0.4) is 0 Å². The van der Waals surface area contributed by atoms with Gasteiger partial charge in [0.05, 0.1) is 16.8 Å². The van der Waals surface area contributed by atoms with Crippen LogP contribution in [-0.4, -0.2) is 15.0 Å². The van der Waals surface area contributed by atoms with Crippen LogP contribution in [0.25, 0.3) is 39.3 Å². The zero-order chi connectivity index (χ0) is 32.1. The second-order valence-corrected chi connectivity index (χ2v) is 12.1. The van der Waals surface area contributed by atoms with E-state index in [2.05, 4.69) is 132 Å². The fourth-order valence-electron chi connectivity index (χ4n) is 7.54. The van der Waals surface area contributed by atoms with E-state index in [0.717, 1.165) is 53.2 Å². The predicted molar refractivity (Wildman–Crippen MR) is 196 cm³/mol. The normalized spacial score (nSPS) is 18.1. The summed E-state index contributed by atoms with van der Waals surface area (Å²) in [6, 6.07) is 32.8. The average Bonchev–Trinajstić information content (AvgIpc) is 3.43. The van der Waals surface area contributed by atoms with Gasteiger partial charge in [-0.05, 0) is 83.7 Å². The quantitative estimate of drug-likeness (QED) is 0.186. The standard InChI is InChI=1S/C42H35N3.C2H6/c1-2-7-16-30(15-6-1)38-29-39(31-17-8-5-9-18-31)45-41(44-38)35-22-14-24-37-40(35)34-21-12-13-23-36(34)42(37,33-25-27-43-28-26-33)32-19-10-3-4-11-20-32;1-2/h1,5-9,12-19,21-29H,2-4,10-11,20H2;1-2H3. The number of hydrogen-bond acceptors (Lipinski definition) is 3. The molecule has 2 heterocycles. The van der Waals surface area contributed by atoms with Crippen LogP contribution in [0.2, 0.25) is 0 Å². The van der Waals surface area contributed by atoms with Gasteiger partial charge in [-0.15, -0.1) is 0 Å². The van der Waals surface area contributed by atoms with Crippen molar-refractivity contribution in [3.63, 3.8) is 0 Å². The van der Waals surface area contributed by atoms with Crippen LogP contribution >= 0.6 is 0 Å². The molecule has 1 atom stereocenters. The molecule has 0 fully saturated rings. The van der Waals surface area contributed by atoms with Crippen molar-refractivity contribution in [2.75, 3.05) is 0 Å². The highest BCUT2D eigenvalue weighted by molar-refractivity contribution is 5.94. The fraction of sp³-hybridized carbons (Fsp3) is 0.205. The number of allylic oxidation sites excluding steroid dienone is 8. The van der Waals surface area contributed by atoms with Gasteiger partial charge in [-0.3, -0.25) is 4.98 Å². The molecule has 47 heavy (non-hydrogen) atoms. The molecular weight excluding hydrogens is 571 g/mol. The number of nitrogens with zero attached hydrogens (tertiary/aromatic N) is 3. The number of pyridine rings is 1. The third-order valence-electron chi connectivity index (χ3n) is 9.52. The Hall–Kier alpha value is -5.15. The summed E-state index contributed by atoms with van der Waals surface area (Å²) in [5.74, 6) is 0.751. The first-order valence-corrected chi connectivity index (χ1v) is 17.2. The predicted octanol–water partition coefficient (Wildman–Crippen LogP) is 11.3. The Bertz CT molecular complexity index is 2000. The molecule has 8 rings (SSSR count). The van der Waals surface area contributed by atoms with Gasteiger partial charge in [-0.1, -0.05) is 135 Å². The van der Waals surface area contributed by atoms with Crippen LogP contribution in [0, 0.1) is 0 Å². The first-order valence-electron chi connectivity index (χ1n) is 17.2. The van der Waals surface area contributed by atoms with Gasteiger partial charge in [0.2, 0.25) is 0 Å². The lowest BCUT2D eigenvalue weighted by Gasteiger charge is -2.36. The summed E-state index contributed by atoms with van der Waals surface area (Å²) in [5.41, 5.74) is 12.6. The topological polar surface area (TPSA) is 38.7 Å². The van der Waals surface area contributed by atoms with E-state index in [1.54, 1.807) is 0 Å². The van der Waals surface area contributed by atoms with Gasteiger partial charge in [0.25, 0.3) is 0 Å². The molecular formula is C44H41N3. The highest BCUT2D eigenvalue weighted by Crippen LogP contribution is 2.59. The van der Waals surface area contributed by atoms with Crippen LogP contribution in [0.15, 0.2) is 145 Å². The molecule has 5 aromatic rings. The molecule has 3 aliphatic rings. The minimum atomic E-state index is -0.383. The molecule has 2 aromatic heterocycles. The monoisotopic (exact) mass is 611 g/mol. The van der Waals surface area contributed by atoms with Gasteiger partial charge in [-0.25, -0.2) is 9.97 Å². The summed E-state index contributed by atoms with van der Waals surface area (Å²) in [7, 11) is 0. The Morgan fingerprint density at radius 1 is 0.681 bits per heavy atom. The van der Waals surface area contributed by atoms with Gasteiger partial charge in [0.1, 0.15) is 0 Å². The number of rotatable bonds is 5. The molecule has 0 radical (unpaired) electrons. The second kappa shape index (κ2) is 13.7. The molecule has 3 heteroatoms. The van der Waals surface area contributed by atoms with E-state index in [-0.39, 0.29) is 5.41 Å². The molecule has 0 saturated heterocycles. The van der Waals surface area contributed by atoms with Crippen LogP contribution in [0.1, 0.15) is 74.8 Å². The molecule has 232 valence electrons. The van der Waals surface area contributed by atoms with Crippen molar-refractivity contribution >= 4 is 5.57 Å². The van der Waals surface area contributed by atoms with Crippen molar-refractivity contribution in [2.45, 2.75) is 57.8 Å². The second-order valence-electron chi connectivity index (χ2n) is 12.1. The van der Waals surface area contributed by atoms with E-state index in [9.17, 15) is 0 Å². The molecule has 3 aliphatic carbocycles. The maximum absolute atomic E-state index is 5.30. The zero-order valence-corrected chi connectivity index (χ0v) is 27.4. The molecule has 0 amide bonds. The average molecular weight is 612 g/mol. The zero-order valence-electron chi connectivity index (χ0n) is 27.4. The number of benzene rings is 3. The van der Waals surface area contributed by atoms with E-state index >= 15 is 0 Å². The Balaban J connectivity index is 0.00000172. The summed E-state index contributed by atoms with van der Waals surface area (Å²) in [6.07, 6.45) is 24.1. The molecule has 0 bridgehead atoms. The van der Waals surface area contributed by atoms with Gasteiger partial charge in [0, 0.05) is 23.5 Å². The van der Waals surface area contributed by atoms with E-state index in [0.29, 0.717) is 0 Å². The molecule has 3 aromatic carbocycles. The lowest BCUT2D eigenvalue weighted by molar-refractivity contribution is 0.656. The third kappa shape index (κ3) is 5.50. The van der Waals surface area contributed by atoms with Crippen LogP contribution in [0.5, 0.6) is 0 Å². The largest absolute Gasteiger partial charge is 0.265 e. The van der Waals surface area contributed by atoms with Gasteiger partial charge < -0.3 is 0 Å². The van der Waals surface area contributed by atoms with Gasteiger partial charge in [0.15, 0.2) is 5.82 Å². The smallest absolute Gasteiger partial charge is 0.161 e. The maximum atomic E-state index is 5.30. The fourth-order valence-corrected chi connectivity index (χ4v) is 7.54. The summed E-state index contributed by atoms with van der Waals surface area (Å²) in [5, 5.41) is 0. The summed E-state index contributed by atoms with van der Waals surface area (Å²) < 4.78 is 0. The minimum Gasteiger partial charge on any atom is -0.265 e. The molecule has 1 unspecified atom stereocenters. The van der Waals surface area contributed by atoms with Crippen molar-refractivity contribution in [3.05, 3.63) is 168 Å². The molecule has 3 nitrogen and oxygen atoms in total. The number of aromatic nitrogens is 3. The van der Waals surface area contributed by atoms with Crippen molar-refractivity contribution in [3.8, 4) is 33.8 Å². The Morgan fingerprint density at radius 3 is 2.32 bits per heavy atom. The molecule has 0 aliphatic heterocycles. The minimum absolute atomic E-state index is 0.383. The lowest BCUT2D eigenvalue weighted by atomic mass is 9.66. The third-order valence-corrected chi connectivity index (χ3v) is 9.52. The van der Waals surface area contributed by atoms with E-state index in [1.807, 2.05) is 26.2 Å². The van der Waals surface area contributed by atoms with E-state index in [4.69, 9.17) is 9.97 Å². The van der Waals surface area contributed by atoms with Crippen LogP contribution in [0.4, 0.5) is 0 Å². The van der Waals surface area contributed by atoms with Gasteiger partial charge >= 0.3 is 0 Å². The van der Waals surface area contributed by atoms with Crippen molar-refractivity contribution < 1.29 is 0 Å². The lowest BCUT2D eigenvalue weighted by Crippen LogP contribution is -2.29. The van der Waals surface area contributed by atoms with Crippen LogP contribution in [-0.2, 0) is 5.41 Å². The van der Waals surface area contributed by atoms with E-state index < -0.39 is 0 Å². The molecule has 0 spiro atoms. The first-order chi connectivity index (χ1) is 23.3. The highest BCUT2D eigenvalue weighted by atomic mass is 14.9. The molecule has 0 N–H and O–H groups in total. The van der Waals surface area contributed by atoms with E-state index in [1.165, 1.54) is 52.7 Å².